The standard InChI is InChI=1S/C22H22N2O2.C5H10O/c1-13-11-18(14(2)23-20-6-4-3-5-17(20)22(25)26)16-9-10-19(15-7-8-15)24-21(16)12-13;1-2-4-6-5-3-1/h3-6,9-12,14-15,23H,7-8H2,1-2H3,(H,25,26);1-5H2. The van der Waals surface area contributed by atoms with E-state index in [4.69, 9.17) is 9.72 Å². The topological polar surface area (TPSA) is 71.5 Å². The van der Waals surface area contributed by atoms with E-state index < -0.39 is 5.97 Å². The molecule has 1 aromatic heterocycles. The molecular formula is C27H32N2O3. The Bertz CT molecular complexity index is 1080. The van der Waals surface area contributed by atoms with E-state index in [2.05, 4.69) is 43.4 Å². The molecule has 0 amide bonds. The third-order valence-corrected chi connectivity index (χ3v) is 6.07. The number of nitrogens with zero attached hydrogens (tertiary/aromatic N) is 1. The lowest BCUT2D eigenvalue weighted by Gasteiger charge is -2.20. The van der Waals surface area contributed by atoms with Crippen molar-refractivity contribution in [1.82, 2.24) is 4.98 Å². The summed E-state index contributed by atoms with van der Waals surface area (Å²) >= 11 is 0. The van der Waals surface area contributed by atoms with Crippen LogP contribution in [-0.2, 0) is 4.74 Å². The number of fused-ring (bicyclic) bond motifs is 1. The van der Waals surface area contributed by atoms with E-state index in [1.54, 1.807) is 18.2 Å². The van der Waals surface area contributed by atoms with Crippen LogP contribution < -0.4 is 5.32 Å². The van der Waals surface area contributed by atoms with Gasteiger partial charge in [-0.25, -0.2) is 4.79 Å². The Hall–Kier alpha value is -2.92. The van der Waals surface area contributed by atoms with Crippen LogP contribution in [0, 0.1) is 6.92 Å². The van der Waals surface area contributed by atoms with Gasteiger partial charge in [-0.2, -0.15) is 0 Å². The van der Waals surface area contributed by atoms with Crippen LogP contribution in [0.1, 0.15) is 78.2 Å². The van der Waals surface area contributed by atoms with Crippen LogP contribution in [0.15, 0.2) is 48.5 Å². The first-order chi connectivity index (χ1) is 15.5. The fourth-order valence-electron chi connectivity index (χ4n) is 4.18. The number of aromatic nitrogens is 1. The van der Waals surface area contributed by atoms with E-state index in [9.17, 15) is 9.90 Å². The van der Waals surface area contributed by atoms with Crippen molar-refractivity contribution < 1.29 is 14.6 Å². The monoisotopic (exact) mass is 432 g/mol. The summed E-state index contributed by atoms with van der Waals surface area (Å²) in [7, 11) is 0. The molecule has 5 heteroatoms. The first kappa shape index (κ1) is 22.3. The third kappa shape index (κ3) is 5.46. The number of aromatic carboxylic acids is 1. The Morgan fingerprint density at radius 2 is 1.84 bits per heavy atom. The lowest BCUT2D eigenvalue weighted by atomic mass is 9.98. The van der Waals surface area contributed by atoms with Gasteiger partial charge in [-0.1, -0.05) is 24.3 Å². The number of rotatable bonds is 5. The molecule has 2 aliphatic rings. The van der Waals surface area contributed by atoms with Crippen LogP contribution in [0.2, 0.25) is 0 Å². The molecule has 1 saturated heterocycles. The summed E-state index contributed by atoms with van der Waals surface area (Å²) in [6.45, 7) is 6.13. The molecule has 1 aliphatic carbocycles. The molecule has 5 rings (SSSR count). The van der Waals surface area contributed by atoms with Crippen molar-refractivity contribution in [3.63, 3.8) is 0 Å². The summed E-state index contributed by atoms with van der Waals surface area (Å²) in [5.74, 6) is -0.300. The van der Waals surface area contributed by atoms with Gasteiger partial charge < -0.3 is 15.2 Å². The molecular weight excluding hydrogens is 400 g/mol. The number of para-hydroxylation sites is 1. The molecule has 2 N–H and O–H groups in total. The van der Waals surface area contributed by atoms with Gasteiger partial charge in [0.05, 0.1) is 11.1 Å². The number of carboxylic acid groups (broad SMARTS) is 1. The summed E-state index contributed by atoms with van der Waals surface area (Å²) in [6.07, 6.45) is 6.40. The maximum atomic E-state index is 11.5. The molecule has 1 atom stereocenters. The van der Waals surface area contributed by atoms with Crippen molar-refractivity contribution in [1.29, 1.82) is 0 Å². The van der Waals surface area contributed by atoms with Crippen molar-refractivity contribution in [3.05, 3.63) is 70.9 Å². The summed E-state index contributed by atoms with van der Waals surface area (Å²) in [4.78, 5) is 16.3. The van der Waals surface area contributed by atoms with Crippen molar-refractivity contribution in [2.45, 2.75) is 57.9 Å². The summed E-state index contributed by atoms with van der Waals surface area (Å²) in [5.41, 5.74) is 5.41. The Morgan fingerprint density at radius 1 is 1.09 bits per heavy atom. The number of ether oxygens (including phenoxy) is 1. The van der Waals surface area contributed by atoms with E-state index in [1.807, 2.05) is 6.07 Å². The number of hydrogen-bond donors (Lipinski definition) is 2. The highest BCUT2D eigenvalue weighted by atomic mass is 16.5. The highest BCUT2D eigenvalue weighted by molar-refractivity contribution is 5.94. The largest absolute Gasteiger partial charge is 0.478 e. The van der Waals surface area contributed by atoms with E-state index in [0.717, 1.165) is 35.2 Å². The molecule has 1 unspecified atom stereocenters. The Kier molecular flexibility index (Phi) is 7.05. The quantitative estimate of drug-likeness (QED) is 0.483. The van der Waals surface area contributed by atoms with Gasteiger partial charge in [-0.05, 0) is 81.3 Å². The zero-order valence-electron chi connectivity index (χ0n) is 18.9. The second kappa shape index (κ2) is 10.1. The van der Waals surface area contributed by atoms with Crippen LogP contribution in [0.25, 0.3) is 10.9 Å². The van der Waals surface area contributed by atoms with Crippen molar-refractivity contribution in [2.75, 3.05) is 18.5 Å². The van der Waals surface area contributed by atoms with Gasteiger partial charge in [0, 0.05) is 41.9 Å². The highest BCUT2D eigenvalue weighted by Gasteiger charge is 2.25. The molecule has 2 aromatic carbocycles. The lowest BCUT2D eigenvalue weighted by molar-refractivity contribution is 0.0698. The van der Waals surface area contributed by atoms with Crippen molar-refractivity contribution in [2.24, 2.45) is 0 Å². The number of aryl methyl sites for hydroxylation is 1. The molecule has 0 radical (unpaired) electrons. The second-order valence-corrected chi connectivity index (χ2v) is 8.82. The fraction of sp³-hybridized carbons (Fsp3) is 0.407. The SMILES string of the molecule is C1CCOCC1.Cc1cc(C(C)Nc2ccccc2C(=O)O)c2ccc(C3CC3)nc2c1. The van der Waals surface area contributed by atoms with Gasteiger partial charge in [0.2, 0.25) is 0 Å². The average molecular weight is 433 g/mol. The van der Waals surface area contributed by atoms with Gasteiger partial charge in [0.15, 0.2) is 0 Å². The zero-order valence-corrected chi connectivity index (χ0v) is 18.9. The molecule has 1 saturated carbocycles. The summed E-state index contributed by atoms with van der Waals surface area (Å²) < 4.78 is 5.07. The Balaban J connectivity index is 0.000000354. The molecule has 2 heterocycles. The van der Waals surface area contributed by atoms with Gasteiger partial charge in [0.25, 0.3) is 0 Å². The molecule has 1 aliphatic heterocycles. The predicted octanol–water partition coefficient (Wildman–Crippen LogP) is 6.48. The second-order valence-electron chi connectivity index (χ2n) is 8.82. The summed E-state index contributed by atoms with van der Waals surface area (Å²) in [6, 6.07) is 15.6. The van der Waals surface area contributed by atoms with Crippen LogP contribution in [0.4, 0.5) is 5.69 Å². The van der Waals surface area contributed by atoms with Crippen molar-refractivity contribution >= 4 is 22.6 Å². The van der Waals surface area contributed by atoms with Gasteiger partial charge >= 0.3 is 5.97 Å². The predicted molar refractivity (Wildman–Crippen MR) is 129 cm³/mol. The lowest BCUT2D eigenvalue weighted by Crippen LogP contribution is -2.11. The minimum atomic E-state index is -0.926. The Morgan fingerprint density at radius 3 is 2.47 bits per heavy atom. The van der Waals surface area contributed by atoms with Gasteiger partial charge in [-0.3, -0.25) is 4.98 Å². The molecule has 5 nitrogen and oxygen atoms in total. The molecule has 0 spiro atoms. The van der Waals surface area contributed by atoms with E-state index in [0.29, 0.717) is 11.6 Å². The molecule has 168 valence electrons. The van der Waals surface area contributed by atoms with E-state index in [-0.39, 0.29) is 11.6 Å². The van der Waals surface area contributed by atoms with Crippen LogP contribution >= 0.6 is 0 Å². The fourth-order valence-corrected chi connectivity index (χ4v) is 4.18. The normalized spacial score (nSPS) is 16.7. The third-order valence-electron chi connectivity index (χ3n) is 6.07. The number of benzene rings is 2. The maximum absolute atomic E-state index is 11.5. The molecule has 3 aromatic rings. The number of pyridine rings is 1. The first-order valence-electron chi connectivity index (χ1n) is 11.6. The minimum Gasteiger partial charge on any atom is -0.478 e. The highest BCUT2D eigenvalue weighted by Crippen LogP contribution is 2.40. The smallest absolute Gasteiger partial charge is 0.337 e. The zero-order chi connectivity index (χ0) is 22.5. The van der Waals surface area contributed by atoms with Crippen LogP contribution in [0.5, 0.6) is 0 Å². The summed E-state index contributed by atoms with van der Waals surface area (Å²) in [5, 5.41) is 13.9. The van der Waals surface area contributed by atoms with Gasteiger partial charge in [-0.15, -0.1) is 0 Å². The van der Waals surface area contributed by atoms with Crippen LogP contribution in [-0.4, -0.2) is 29.3 Å². The van der Waals surface area contributed by atoms with E-state index >= 15 is 0 Å². The van der Waals surface area contributed by atoms with E-state index in [1.165, 1.54) is 37.8 Å². The van der Waals surface area contributed by atoms with Crippen molar-refractivity contribution in [3.8, 4) is 0 Å². The molecule has 2 fully saturated rings. The number of hydrogen-bond acceptors (Lipinski definition) is 4. The Labute approximate surface area is 189 Å². The molecule has 32 heavy (non-hydrogen) atoms. The van der Waals surface area contributed by atoms with Gasteiger partial charge in [0.1, 0.15) is 0 Å². The first-order valence-corrected chi connectivity index (χ1v) is 11.6. The molecule has 0 bridgehead atoms. The number of carbonyl (C=O) groups is 1. The maximum Gasteiger partial charge on any atom is 0.337 e. The minimum absolute atomic E-state index is 0.0357. The van der Waals surface area contributed by atoms with Crippen LogP contribution in [0.3, 0.4) is 0 Å². The average Bonchev–Trinajstić information content (AvgIpc) is 3.65. The number of anilines is 1. The number of nitrogens with one attached hydrogen (secondary N) is 1. The number of carboxylic acids is 1.